The number of rotatable bonds is 6. The molecule has 0 aliphatic carbocycles. The third kappa shape index (κ3) is 3.76. The lowest BCUT2D eigenvalue weighted by atomic mass is 10.2. The minimum absolute atomic E-state index is 0.0238. The van der Waals surface area contributed by atoms with E-state index in [-0.39, 0.29) is 16.7 Å². The lowest BCUT2D eigenvalue weighted by Gasteiger charge is -2.11. The van der Waals surface area contributed by atoms with Crippen molar-refractivity contribution in [3.05, 3.63) is 40.8 Å². The van der Waals surface area contributed by atoms with E-state index in [0.717, 1.165) is 5.56 Å². The van der Waals surface area contributed by atoms with Crippen LogP contribution in [-0.4, -0.2) is 30.1 Å². The smallest absolute Gasteiger partial charge is 0.254 e. The number of methoxy groups -OCH3 is 2. The van der Waals surface area contributed by atoms with E-state index in [1.54, 1.807) is 20.3 Å². The first-order chi connectivity index (χ1) is 10.5. The van der Waals surface area contributed by atoms with Crippen LogP contribution in [-0.2, 0) is 6.54 Å². The van der Waals surface area contributed by atoms with E-state index in [4.69, 9.17) is 26.8 Å². The van der Waals surface area contributed by atoms with Crippen LogP contribution in [0.2, 0.25) is 5.28 Å². The van der Waals surface area contributed by atoms with Crippen molar-refractivity contribution in [1.29, 1.82) is 0 Å². The van der Waals surface area contributed by atoms with Crippen molar-refractivity contribution in [1.82, 2.24) is 9.97 Å². The monoisotopic (exact) mass is 322 g/mol. The van der Waals surface area contributed by atoms with E-state index in [9.17, 15) is 4.79 Å². The molecule has 0 spiro atoms. The molecule has 1 amide bonds. The summed E-state index contributed by atoms with van der Waals surface area (Å²) in [5.74, 6) is 0.954. The number of nitrogens with two attached hydrogens (primary N) is 1. The fourth-order valence-corrected chi connectivity index (χ4v) is 1.96. The number of hydrogen-bond acceptors (Lipinski definition) is 6. The van der Waals surface area contributed by atoms with Crippen LogP contribution in [0.5, 0.6) is 11.5 Å². The number of nitrogens with one attached hydrogen (secondary N) is 1. The molecule has 7 nitrogen and oxygen atoms in total. The largest absolute Gasteiger partial charge is 0.497 e. The lowest BCUT2D eigenvalue weighted by Crippen LogP contribution is -2.16. The Labute approximate surface area is 132 Å². The SMILES string of the molecule is COc1cc(CNc2nc(Cl)ncc2C(N)=O)cc(OC)c1. The summed E-state index contributed by atoms with van der Waals surface area (Å²) in [5.41, 5.74) is 6.33. The van der Waals surface area contributed by atoms with Gasteiger partial charge in [-0.05, 0) is 29.3 Å². The zero-order valence-corrected chi connectivity index (χ0v) is 12.8. The van der Waals surface area contributed by atoms with Gasteiger partial charge in [-0.2, -0.15) is 4.98 Å². The summed E-state index contributed by atoms with van der Waals surface area (Å²) in [4.78, 5) is 19.1. The maximum atomic E-state index is 11.4. The molecule has 1 aromatic carbocycles. The molecule has 116 valence electrons. The topological polar surface area (TPSA) is 99.4 Å². The van der Waals surface area contributed by atoms with E-state index >= 15 is 0 Å². The minimum atomic E-state index is -0.637. The summed E-state index contributed by atoms with van der Waals surface area (Å²) >= 11 is 5.74. The number of anilines is 1. The standard InChI is InChI=1S/C14H15ClN4O3/c1-21-9-3-8(4-10(5-9)22-2)6-17-13-11(12(16)20)7-18-14(15)19-13/h3-5,7H,6H2,1-2H3,(H2,16,20)(H,17,18,19). The first-order valence-corrected chi connectivity index (χ1v) is 6.69. The Bertz CT molecular complexity index is 672. The highest BCUT2D eigenvalue weighted by Gasteiger charge is 2.11. The van der Waals surface area contributed by atoms with E-state index < -0.39 is 5.91 Å². The zero-order chi connectivity index (χ0) is 16.1. The molecule has 2 rings (SSSR count). The van der Waals surface area contributed by atoms with Gasteiger partial charge in [0.1, 0.15) is 17.3 Å². The van der Waals surface area contributed by atoms with Crippen molar-refractivity contribution in [2.75, 3.05) is 19.5 Å². The van der Waals surface area contributed by atoms with Crippen LogP contribution in [0.1, 0.15) is 15.9 Å². The maximum Gasteiger partial charge on any atom is 0.254 e. The molecule has 0 aliphatic heterocycles. The van der Waals surface area contributed by atoms with Crippen molar-refractivity contribution >= 4 is 23.3 Å². The van der Waals surface area contributed by atoms with Crippen molar-refractivity contribution in [3.63, 3.8) is 0 Å². The Morgan fingerprint density at radius 1 is 1.27 bits per heavy atom. The summed E-state index contributed by atoms with van der Waals surface area (Å²) in [6.07, 6.45) is 1.28. The van der Waals surface area contributed by atoms with Crippen LogP contribution in [0.4, 0.5) is 5.82 Å². The fraction of sp³-hybridized carbons (Fsp3) is 0.214. The molecule has 1 aromatic heterocycles. The summed E-state index contributed by atoms with van der Waals surface area (Å²) < 4.78 is 10.4. The predicted molar refractivity (Wildman–Crippen MR) is 82.4 cm³/mol. The van der Waals surface area contributed by atoms with Gasteiger partial charge in [0.25, 0.3) is 5.91 Å². The van der Waals surface area contributed by atoms with Crippen LogP contribution < -0.4 is 20.5 Å². The number of halogens is 1. The number of amides is 1. The van der Waals surface area contributed by atoms with Gasteiger partial charge < -0.3 is 20.5 Å². The van der Waals surface area contributed by atoms with Gasteiger partial charge in [0.15, 0.2) is 0 Å². The normalized spacial score (nSPS) is 10.1. The number of nitrogens with zero attached hydrogens (tertiary/aromatic N) is 2. The Balaban J connectivity index is 2.23. The van der Waals surface area contributed by atoms with Gasteiger partial charge >= 0.3 is 0 Å². The van der Waals surface area contributed by atoms with Crippen molar-refractivity contribution in [2.24, 2.45) is 5.73 Å². The van der Waals surface area contributed by atoms with Crippen LogP contribution in [0.3, 0.4) is 0 Å². The average Bonchev–Trinajstić information content (AvgIpc) is 2.52. The third-order valence-electron chi connectivity index (χ3n) is 2.90. The molecule has 0 radical (unpaired) electrons. The average molecular weight is 323 g/mol. The quantitative estimate of drug-likeness (QED) is 0.787. The number of hydrogen-bond donors (Lipinski definition) is 2. The molecule has 2 aromatic rings. The second kappa shape index (κ2) is 6.95. The van der Waals surface area contributed by atoms with E-state index in [1.807, 2.05) is 12.1 Å². The molecule has 22 heavy (non-hydrogen) atoms. The third-order valence-corrected chi connectivity index (χ3v) is 3.08. The Kier molecular flexibility index (Phi) is 5.00. The maximum absolute atomic E-state index is 11.4. The Morgan fingerprint density at radius 3 is 2.45 bits per heavy atom. The number of benzene rings is 1. The van der Waals surface area contributed by atoms with Crippen LogP contribution >= 0.6 is 11.6 Å². The van der Waals surface area contributed by atoms with Crippen molar-refractivity contribution in [2.45, 2.75) is 6.54 Å². The molecule has 8 heteroatoms. The first kappa shape index (κ1) is 15.8. The molecule has 0 atom stereocenters. The van der Waals surface area contributed by atoms with Gasteiger partial charge in [-0.3, -0.25) is 4.79 Å². The van der Waals surface area contributed by atoms with Gasteiger partial charge in [0.05, 0.1) is 19.8 Å². The summed E-state index contributed by atoms with van der Waals surface area (Å²) in [5, 5.41) is 3.03. The molecule has 0 bridgehead atoms. The minimum Gasteiger partial charge on any atom is -0.497 e. The van der Waals surface area contributed by atoms with Crippen molar-refractivity contribution in [3.8, 4) is 11.5 Å². The molecule has 0 saturated carbocycles. The molecular weight excluding hydrogens is 308 g/mol. The molecule has 0 unspecified atom stereocenters. The second-order valence-electron chi connectivity index (χ2n) is 4.34. The molecule has 3 N–H and O–H groups in total. The summed E-state index contributed by atoms with van der Waals surface area (Å²) in [6, 6.07) is 5.43. The highest BCUT2D eigenvalue weighted by molar-refractivity contribution is 6.28. The van der Waals surface area contributed by atoms with Gasteiger partial charge in [0, 0.05) is 18.8 Å². The van der Waals surface area contributed by atoms with E-state index in [2.05, 4.69) is 15.3 Å². The Hall–Kier alpha value is -2.54. The van der Waals surface area contributed by atoms with Gasteiger partial charge in [-0.15, -0.1) is 0 Å². The zero-order valence-electron chi connectivity index (χ0n) is 12.1. The van der Waals surface area contributed by atoms with E-state index in [0.29, 0.717) is 18.0 Å². The molecule has 0 aliphatic rings. The van der Waals surface area contributed by atoms with Crippen LogP contribution in [0, 0.1) is 0 Å². The molecule has 1 heterocycles. The number of carbonyl (C=O) groups is 1. The number of carbonyl (C=O) groups excluding carboxylic acids is 1. The Morgan fingerprint density at radius 2 is 1.91 bits per heavy atom. The number of primary amides is 1. The highest BCUT2D eigenvalue weighted by atomic mass is 35.5. The van der Waals surface area contributed by atoms with Gasteiger partial charge in [0.2, 0.25) is 5.28 Å². The van der Waals surface area contributed by atoms with Gasteiger partial charge in [-0.1, -0.05) is 0 Å². The first-order valence-electron chi connectivity index (χ1n) is 6.31. The fourth-order valence-electron chi connectivity index (χ4n) is 1.83. The van der Waals surface area contributed by atoms with Crippen molar-refractivity contribution < 1.29 is 14.3 Å². The summed E-state index contributed by atoms with van der Waals surface area (Å²) in [7, 11) is 3.14. The lowest BCUT2D eigenvalue weighted by molar-refractivity contribution is 0.100. The van der Waals surface area contributed by atoms with E-state index in [1.165, 1.54) is 6.20 Å². The second-order valence-corrected chi connectivity index (χ2v) is 4.68. The highest BCUT2D eigenvalue weighted by Crippen LogP contribution is 2.23. The van der Waals surface area contributed by atoms with Crippen LogP contribution in [0.25, 0.3) is 0 Å². The predicted octanol–water partition coefficient (Wildman–Crippen LogP) is 1.86. The number of ether oxygens (including phenoxy) is 2. The molecular formula is C14H15ClN4O3. The van der Waals surface area contributed by atoms with Gasteiger partial charge in [-0.25, -0.2) is 4.98 Å². The van der Waals surface area contributed by atoms with Crippen LogP contribution in [0.15, 0.2) is 24.4 Å². The summed E-state index contributed by atoms with van der Waals surface area (Å²) in [6.45, 7) is 0.376. The molecule has 0 saturated heterocycles. The number of aromatic nitrogens is 2. The molecule has 0 fully saturated rings.